The summed E-state index contributed by atoms with van der Waals surface area (Å²) in [5.74, 6) is -0.417. The summed E-state index contributed by atoms with van der Waals surface area (Å²) in [5, 5.41) is 12.1. The highest BCUT2D eigenvalue weighted by molar-refractivity contribution is 8.18. The zero-order chi connectivity index (χ0) is 20.6. The number of anilines is 1. The van der Waals surface area contributed by atoms with Crippen LogP contribution in [0.15, 0.2) is 23.1 Å². The fourth-order valence-electron chi connectivity index (χ4n) is 3.64. The lowest BCUT2D eigenvalue weighted by Crippen LogP contribution is -2.52. The third-order valence-electron chi connectivity index (χ3n) is 4.72. The van der Waals surface area contributed by atoms with Gasteiger partial charge >= 0.3 is 6.09 Å². The summed E-state index contributed by atoms with van der Waals surface area (Å²) in [5.41, 5.74) is 1.06. The molecule has 1 atom stereocenters. The van der Waals surface area contributed by atoms with E-state index in [-0.39, 0.29) is 6.04 Å². The normalized spacial score (nSPS) is 21.4. The Balaban J connectivity index is 1.89. The molecule has 2 aliphatic heterocycles. The second-order valence-electron chi connectivity index (χ2n) is 7.77. The van der Waals surface area contributed by atoms with Gasteiger partial charge in [0.25, 0.3) is 11.1 Å². The maximum atomic E-state index is 11.9. The fraction of sp³-hybridized carbons (Fsp3) is 0.421. The van der Waals surface area contributed by atoms with Crippen LogP contribution >= 0.6 is 23.4 Å². The second-order valence-corrected chi connectivity index (χ2v) is 9.22. The van der Waals surface area contributed by atoms with Gasteiger partial charge < -0.3 is 10.0 Å². The highest BCUT2D eigenvalue weighted by Gasteiger charge is 2.37. The first-order valence-corrected chi connectivity index (χ1v) is 10.1. The van der Waals surface area contributed by atoms with E-state index in [1.165, 1.54) is 4.90 Å². The number of imide groups is 1. The third-order valence-corrected chi connectivity index (χ3v) is 5.76. The lowest BCUT2D eigenvalue weighted by molar-refractivity contribution is -0.115. The molecule has 28 heavy (non-hydrogen) atoms. The number of benzene rings is 1. The molecule has 0 aromatic heterocycles. The van der Waals surface area contributed by atoms with E-state index in [0.717, 1.165) is 23.0 Å². The molecule has 0 aliphatic carbocycles. The van der Waals surface area contributed by atoms with Crippen molar-refractivity contribution in [1.82, 2.24) is 10.2 Å². The quantitative estimate of drug-likeness (QED) is 0.713. The minimum Gasteiger partial charge on any atom is -0.465 e. The number of nitrogens with zero attached hydrogens (tertiary/aromatic N) is 2. The Morgan fingerprint density at radius 2 is 2.11 bits per heavy atom. The van der Waals surface area contributed by atoms with Crippen molar-refractivity contribution in [2.75, 3.05) is 18.0 Å². The molecule has 2 fully saturated rings. The van der Waals surface area contributed by atoms with Crippen molar-refractivity contribution >= 4 is 52.4 Å². The Hall–Kier alpha value is -2.19. The van der Waals surface area contributed by atoms with Gasteiger partial charge in [-0.05, 0) is 62.7 Å². The number of thioether (sulfide) groups is 1. The first kappa shape index (κ1) is 20.5. The van der Waals surface area contributed by atoms with Crippen molar-refractivity contribution in [1.29, 1.82) is 0 Å². The van der Waals surface area contributed by atoms with E-state index in [2.05, 4.69) is 10.2 Å². The molecule has 3 amide bonds. The minimum absolute atomic E-state index is 0.150. The average molecular weight is 424 g/mol. The Bertz CT molecular complexity index is 865. The van der Waals surface area contributed by atoms with E-state index < -0.39 is 22.8 Å². The van der Waals surface area contributed by atoms with Gasteiger partial charge in [0.05, 0.1) is 10.9 Å². The SMILES string of the molecule is CC(C)(C)N(C(=O)O)C1CCN(c2cc(Cl)ccc2C=C2SC(=O)NC2=O)C1. The molecule has 2 saturated heterocycles. The maximum absolute atomic E-state index is 11.9. The molecular formula is C19H22ClN3O4S. The van der Waals surface area contributed by atoms with Crippen molar-refractivity contribution in [2.45, 2.75) is 38.8 Å². The molecule has 2 aliphatic rings. The smallest absolute Gasteiger partial charge is 0.408 e. The zero-order valence-corrected chi connectivity index (χ0v) is 17.4. The van der Waals surface area contributed by atoms with Gasteiger partial charge in [0.15, 0.2) is 0 Å². The number of hydrogen-bond donors (Lipinski definition) is 2. The van der Waals surface area contributed by atoms with E-state index >= 15 is 0 Å². The summed E-state index contributed by atoms with van der Waals surface area (Å²) >= 11 is 7.06. The molecule has 0 bridgehead atoms. The van der Waals surface area contributed by atoms with Crippen molar-refractivity contribution < 1.29 is 19.5 Å². The zero-order valence-electron chi connectivity index (χ0n) is 15.9. The highest BCUT2D eigenvalue weighted by atomic mass is 35.5. The molecule has 7 nitrogen and oxygen atoms in total. The Morgan fingerprint density at radius 1 is 1.39 bits per heavy atom. The summed E-state index contributed by atoms with van der Waals surface area (Å²) in [6.07, 6.45) is 1.42. The monoisotopic (exact) mass is 423 g/mol. The maximum Gasteiger partial charge on any atom is 0.408 e. The molecule has 1 aromatic carbocycles. The van der Waals surface area contributed by atoms with E-state index in [4.69, 9.17) is 11.6 Å². The third kappa shape index (κ3) is 4.28. The van der Waals surface area contributed by atoms with Gasteiger partial charge in [-0.1, -0.05) is 17.7 Å². The van der Waals surface area contributed by atoms with E-state index in [1.54, 1.807) is 24.3 Å². The van der Waals surface area contributed by atoms with Crippen LogP contribution in [0.25, 0.3) is 6.08 Å². The molecule has 2 heterocycles. The van der Waals surface area contributed by atoms with Gasteiger partial charge in [0.1, 0.15) is 0 Å². The predicted octanol–water partition coefficient (Wildman–Crippen LogP) is 4.02. The number of hydrogen-bond acceptors (Lipinski definition) is 5. The highest BCUT2D eigenvalue weighted by Crippen LogP contribution is 2.34. The van der Waals surface area contributed by atoms with E-state index in [1.807, 2.05) is 20.8 Å². The minimum atomic E-state index is -0.940. The number of carbonyl (C=O) groups is 3. The molecule has 0 radical (unpaired) electrons. The molecule has 3 rings (SSSR count). The number of carboxylic acid groups (broad SMARTS) is 1. The largest absolute Gasteiger partial charge is 0.465 e. The molecule has 0 saturated carbocycles. The standard InChI is InChI=1S/C19H22ClN3O4S/c1-19(2,3)23(18(26)27)13-6-7-22(10-13)14-9-12(20)5-4-11(14)8-15-16(24)21-17(25)28-15/h4-5,8-9,13H,6-7,10H2,1-3H3,(H,26,27)(H,21,24,25). The van der Waals surface area contributed by atoms with Crippen LogP contribution in [0.1, 0.15) is 32.8 Å². The number of rotatable bonds is 3. The van der Waals surface area contributed by atoms with Gasteiger partial charge in [-0.2, -0.15) is 0 Å². The van der Waals surface area contributed by atoms with Gasteiger partial charge in [-0.3, -0.25) is 19.8 Å². The summed E-state index contributed by atoms with van der Waals surface area (Å²) < 4.78 is 0. The number of nitrogens with one attached hydrogen (secondary N) is 1. The van der Waals surface area contributed by atoms with Crippen LogP contribution in [0.5, 0.6) is 0 Å². The van der Waals surface area contributed by atoms with Gasteiger partial charge in [0, 0.05) is 29.3 Å². The van der Waals surface area contributed by atoms with E-state index in [0.29, 0.717) is 29.4 Å². The van der Waals surface area contributed by atoms with Crippen molar-refractivity contribution in [3.8, 4) is 0 Å². The number of carbonyl (C=O) groups excluding carboxylic acids is 2. The molecule has 1 unspecified atom stereocenters. The van der Waals surface area contributed by atoms with Crippen molar-refractivity contribution in [3.05, 3.63) is 33.7 Å². The summed E-state index contributed by atoms with van der Waals surface area (Å²) in [4.78, 5) is 39.0. The summed E-state index contributed by atoms with van der Waals surface area (Å²) in [6, 6.07) is 5.18. The first-order chi connectivity index (χ1) is 13.1. The van der Waals surface area contributed by atoms with Gasteiger partial charge in [-0.25, -0.2) is 4.79 Å². The van der Waals surface area contributed by atoms with Crippen LogP contribution in [0.4, 0.5) is 15.3 Å². The molecule has 2 N–H and O–H groups in total. The average Bonchev–Trinajstić information content (AvgIpc) is 3.14. The van der Waals surface area contributed by atoms with Crippen LogP contribution < -0.4 is 10.2 Å². The topological polar surface area (TPSA) is 90.0 Å². The lowest BCUT2D eigenvalue weighted by Gasteiger charge is -2.38. The molecule has 1 aromatic rings. The summed E-state index contributed by atoms with van der Waals surface area (Å²) in [7, 11) is 0. The van der Waals surface area contributed by atoms with Crippen molar-refractivity contribution in [2.24, 2.45) is 0 Å². The Labute approximate surface area is 172 Å². The van der Waals surface area contributed by atoms with Crippen LogP contribution in [0, 0.1) is 0 Å². The molecular weight excluding hydrogens is 402 g/mol. The van der Waals surface area contributed by atoms with Crippen LogP contribution in [0.2, 0.25) is 5.02 Å². The fourth-order valence-corrected chi connectivity index (χ4v) is 4.48. The molecule has 150 valence electrons. The van der Waals surface area contributed by atoms with Gasteiger partial charge in [0.2, 0.25) is 0 Å². The Kier molecular flexibility index (Phi) is 5.63. The second kappa shape index (κ2) is 7.67. The molecule has 9 heteroatoms. The lowest BCUT2D eigenvalue weighted by atomic mass is 10.0. The molecule has 0 spiro atoms. The van der Waals surface area contributed by atoms with E-state index in [9.17, 15) is 19.5 Å². The predicted molar refractivity (Wildman–Crippen MR) is 111 cm³/mol. The first-order valence-electron chi connectivity index (χ1n) is 8.88. The summed E-state index contributed by atoms with van der Waals surface area (Å²) in [6.45, 7) is 6.83. The van der Waals surface area contributed by atoms with Crippen molar-refractivity contribution in [3.63, 3.8) is 0 Å². The Morgan fingerprint density at radius 3 is 2.68 bits per heavy atom. The van der Waals surface area contributed by atoms with Gasteiger partial charge in [-0.15, -0.1) is 0 Å². The van der Waals surface area contributed by atoms with Crippen LogP contribution in [-0.4, -0.2) is 51.9 Å². The number of amides is 3. The van der Waals surface area contributed by atoms with Crippen LogP contribution in [-0.2, 0) is 4.79 Å². The number of halogens is 1. The van der Waals surface area contributed by atoms with Crippen LogP contribution in [0.3, 0.4) is 0 Å².